The fourth-order valence-electron chi connectivity index (χ4n) is 2.39. The summed E-state index contributed by atoms with van der Waals surface area (Å²) >= 11 is 1.66. The lowest BCUT2D eigenvalue weighted by Crippen LogP contribution is -2.25. The first-order valence-electron chi connectivity index (χ1n) is 7.56. The second-order valence-electron chi connectivity index (χ2n) is 5.15. The van der Waals surface area contributed by atoms with Crippen molar-refractivity contribution in [2.75, 3.05) is 20.8 Å². The summed E-state index contributed by atoms with van der Waals surface area (Å²) in [5, 5.41) is 3.93. The highest BCUT2D eigenvalue weighted by molar-refractivity contribution is 7.18. The zero-order valence-corrected chi connectivity index (χ0v) is 14.4. The van der Waals surface area contributed by atoms with Crippen LogP contribution in [0, 0.1) is 0 Å². The van der Waals surface area contributed by atoms with E-state index < -0.39 is 0 Å². The third-order valence-corrected chi connectivity index (χ3v) is 4.70. The van der Waals surface area contributed by atoms with Gasteiger partial charge in [-0.15, -0.1) is 11.3 Å². The van der Waals surface area contributed by atoms with E-state index in [2.05, 4.69) is 16.4 Å². The second-order valence-corrected chi connectivity index (χ2v) is 6.27. The zero-order valence-electron chi connectivity index (χ0n) is 13.5. The number of para-hydroxylation sites is 1. The van der Waals surface area contributed by atoms with Crippen LogP contribution in [0.4, 0.5) is 0 Å². The van der Waals surface area contributed by atoms with E-state index in [0.29, 0.717) is 30.0 Å². The summed E-state index contributed by atoms with van der Waals surface area (Å²) < 4.78 is 11.6. The molecule has 1 aromatic heterocycles. The van der Waals surface area contributed by atoms with E-state index in [4.69, 9.17) is 9.47 Å². The average molecular weight is 342 g/mol. The number of methoxy groups -OCH3 is 2. The van der Waals surface area contributed by atoms with Crippen molar-refractivity contribution in [3.8, 4) is 11.5 Å². The number of nitrogens with zero attached hydrogens (tertiary/aromatic N) is 1. The zero-order chi connectivity index (χ0) is 16.9. The fourth-order valence-corrected chi connectivity index (χ4v) is 3.36. The number of carbonyl (C=O) groups excluding carboxylic acids is 1. The topological polar surface area (TPSA) is 60.5 Å². The molecule has 124 valence electrons. The smallest absolute Gasteiger partial charge is 0.251 e. The molecule has 0 saturated carbocycles. The van der Waals surface area contributed by atoms with E-state index in [9.17, 15) is 4.79 Å². The van der Waals surface area contributed by atoms with Gasteiger partial charge < -0.3 is 14.8 Å². The highest BCUT2D eigenvalue weighted by atomic mass is 32.1. The van der Waals surface area contributed by atoms with Crippen molar-refractivity contribution in [2.24, 2.45) is 0 Å². The summed E-state index contributed by atoms with van der Waals surface area (Å²) in [5.41, 5.74) is 1.54. The minimum absolute atomic E-state index is 0.142. The van der Waals surface area contributed by atoms with E-state index in [1.54, 1.807) is 43.8 Å². The Balaban J connectivity index is 1.61. The molecule has 0 bridgehead atoms. The lowest BCUT2D eigenvalue weighted by atomic mass is 10.2. The predicted molar refractivity (Wildman–Crippen MR) is 95.2 cm³/mol. The third-order valence-electron chi connectivity index (χ3n) is 3.61. The first-order valence-corrected chi connectivity index (χ1v) is 8.37. The number of hydrogen-bond acceptors (Lipinski definition) is 5. The van der Waals surface area contributed by atoms with Crippen LogP contribution in [0.5, 0.6) is 11.5 Å². The first-order chi connectivity index (χ1) is 11.7. The summed E-state index contributed by atoms with van der Waals surface area (Å²) in [5.74, 6) is 0.997. The minimum Gasteiger partial charge on any atom is -0.493 e. The maximum absolute atomic E-state index is 12.3. The molecular formula is C18H18N2O3S. The van der Waals surface area contributed by atoms with Crippen LogP contribution in [0.15, 0.2) is 42.5 Å². The second kappa shape index (κ2) is 7.31. The average Bonchev–Trinajstić information content (AvgIpc) is 3.03. The van der Waals surface area contributed by atoms with Crippen LogP contribution in [0.3, 0.4) is 0 Å². The molecule has 0 spiro atoms. The Morgan fingerprint density at radius 2 is 1.92 bits per heavy atom. The van der Waals surface area contributed by atoms with Gasteiger partial charge >= 0.3 is 0 Å². The SMILES string of the molecule is COc1ccc(C(=O)NCCc2nc3ccccc3s2)cc1OC. The summed E-state index contributed by atoms with van der Waals surface area (Å²) in [4.78, 5) is 16.8. The molecule has 1 amide bonds. The van der Waals surface area contributed by atoms with E-state index in [0.717, 1.165) is 10.5 Å². The van der Waals surface area contributed by atoms with Crippen molar-refractivity contribution >= 4 is 27.5 Å². The molecule has 5 nitrogen and oxygen atoms in total. The Morgan fingerprint density at radius 3 is 2.67 bits per heavy atom. The van der Waals surface area contributed by atoms with Crippen LogP contribution in [0.1, 0.15) is 15.4 Å². The standard InChI is InChI=1S/C18H18N2O3S/c1-22-14-8-7-12(11-15(14)23-2)18(21)19-10-9-17-20-13-5-3-4-6-16(13)24-17/h3-8,11H,9-10H2,1-2H3,(H,19,21). The number of rotatable bonds is 6. The van der Waals surface area contributed by atoms with E-state index in [-0.39, 0.29) is 5.91 Å². The van der Waals surface area contributed by atoms with Gasteiger partial charge in [-0.25, -0.2) is 4.98 Å². The molecule has 0 radical (unpaired) electrons. The molecular weight excluding hydrogens is 324 g/mol. The number of thiazole rings is 1. The fraction of sp³-hybridized carbons (Fsp3) is 0.222. The van der Waals surface area contributed by atoms with Gasteiger partial charge in [-0.2, -0.15) is 0 Å². The van der Waals surface area contributed by atoms with Crippen molar-refractivity contribution < 1.29 is 14.3 Å². The lowest BCUT2D eigenvalue weighted by Gasteiger charge is -2.09. The van der Waals surface area contributed by atoms with E-state index in [1.807, 2.05) is 18.2 Å². The highest BCUT2D eigenvalue weighted by Gasteiger charge is 2.11. The molecule has 0 unspecified atom stereocenters. The van der Waals surface area contributed by atoms with Gasteiger partial charge in [0.15, 0.2) is 11.5 Å². The predicted octanol–water partition coefficient (Wildman–Crippen LogP) is 3.29. The first kappa shape index (κ1) is 16.3. The molecule has 3 aromatic rings. The molecule has 1 N–H and O–H groups in total. The number of carbonyl (C=O) groups is 1. The van der Waals surface area contributed by atoms with Gasteiger partial charge in [-0.3, -0.25) is 4.79 Å². The van der Waals surface area contributed by atoms with Crippen molar-refractivity contribution in [2.45, 2.75) is 6.42 Å². The number of amides is 1. The number of fused-ring (bicyclic) bond motifs is 1. The van der Waals surface area contributed by atoms with Crippen LogP contribution in [-0.4, -0.2) is 31.7 Å². The van der Waals surface area contributed by atoms with Crippen molar-refractivity contribution in [1.29, 1.82) is 0 Å². The Kier molecular flexibility index (Phi) is 4.96. The van der Waals surface area contributed by atoms with Gasteiger partial charge in [0.1, 0.15) is 0 Å². The summed E-state index contributed by atoms with van der Waals surface area (Å²) in [6.45, 7) is 0.535. The summed E-state index contributed by atoms with van der Waals surface area (Å²) in [7, 11) is 3.11. The van der Waals surface area contributed by atoms with Crippen LogP contribution >= 0.6 is 11.3 Å². The molecule has 0 atom stereocenters. The van der Waals surface area contributed by atoms with Crippen LogP contribution in [0.25, 0.3) is 10.2 Å². The lowest BCUT2D eigenvalue weighted by molar-refractivity contribution is 0.0953. The van der Waals surface area contributed by atoms with E-state index >= 15 is 0 Å². The Hall–Kier alpha value is -2.60. The van der Waals surface area contributed by atoms with Gasteiger partial charge in [-0.05, 0) is 30.3 Å². The van der Waals surface area contributed by atoms with Gasteiger partial charge in [-0.1, -0.05) is 12.1 Å². The van der Waals surface area contributed by atoms with E-state index in [1.165, 1.54) is 4.70 Å². The van der Waals surface area contributed by atoms with Gasteiger partial charge in [0, 0.05) is 18.5 Å². The maximum Gasteiger partial charge on any atom is 0.251 e. The molecule has 1 heterocycles. The minimum atomic E-state index is -0.142. The molecule has 0 aliphatic carbocycles. The quantitative estimate of drug-likeness (QED) is 0.747. The van der Waals surface area contributed by atoms with Crippen molar-refractivity contribution in [3.63, 3.8) is 0 Å². The maximum atomic E-state index is 12.3. The number of hydrogen-bond donors (Lipinski definition) is 1. The summed E-state index contributed by atoms with van der Waals surface area (Å²) in [6, 6.07) is 13.1. The van der Waals surface area contributed by atoms with Gasteiger partial charge in [0.25, 0.3) is 5.91 Å². The Labute approximate surface area is 144 Å². The third kappa shape index (κ3) is 3.49. The van der Waals surface area contributed by atoms with Crippen LogP contribution < -0.4 is 14.8 Å². The monoisotopic (exact) mass is 342 g/mol. The van der Waals surface area contributed by atoms with Crippen molar-refractivity contribution in [1.82, 2.24) is 10.3 Å². The molecule has 2 aromatic carbocycles. The molecule has 24 heavy (non-hydrogen) atoms. The Morgan fingerprint density at radius 1 is 1.12 bits per heavy atom. The normalized spacial score (nSPS) is 10.6. The number of benzene rings is 2. The molecule has 0 aliphatic rings. The van der Waals surface area contributed by atoms with Crippen LogP contribution in [0.2, 0.25) is 0 Å². The largest absolute Gasteiger partial charge is 0.493 e. The van der Waals surface area contributed by atoms with Crippen LogP contribution in [-0.2, 0) is 6.42 Å². The molecule has 0 fully saturated rings. The molecule has 6 heteroatoms. The number of nitrogens with one attached hydrogen (secondary N) is 1. The molecule has 0 aliphatic heterocycles. The van der Waals surface area contributed by atoms with Gasteiger partial charge in [0.05, 0.1) is 29.4 Å². The van der Waals surface area contributed by atoms with Gasteiger partial charge in [0.2, 0.25) is 0 Å². The number of aromatic nitrogens is 1. The van der Waals surface area contributed by atoms with Crippen molar-refractivity contribution in [3.05, 3.63) is 53.0 Å². The summed E-state index contributed by atoms with van der Waals surface area (Å²) in [6.07, 6.45) is 0.707. The number of ether oxygens (including phenoxy) is 2. The Bertz CT molecular complexity index is 827. The molecule has 3 rings (SSSR count). The molecule has 0 saturated heterocycles. The highest BCUT2D eigenvalue weighted by Crippen LogP contribution is 2.27.